The van der Waals surface area contributed by atoms with Crippen molar-refractivity contribution in [3.05, 3.63) is 58.1 Å². The number of nitro groups is 1. The van der Waals surface area contributed by atoms with Crippen molar-refractivity contribution in [1.29, 1.82) is 0 Å². The smallest absolute Gasteiger partial charge is 0.270 e. The summed E-state index contributed by atoms with van der Waals surface area (Å²) < 4.78 is 22.5. The van der Waals surface area contributed by atoms with Crippen LogP contribution in [-0.4, -0.2) is 19.6 Å². The van der Waals surface area contributed by atoms with Crippen molar-refractivity contribution in [3.8, 4) is 5.75 Å². The van der Waals surface area contributed by atoms with Crippen LogP contribution in [0.15, 0.2) is 52.4 Å². The zero-order valence-corrected chi connectivity index (χ0v) is 11.9. The number of non-ortho nitro benzene ring substituents is 1. The van der Waals surface area contributed by atoms with Crippen LogP contribution >= 0.6 is 0 Å². The molecule has 0 radical (unpaired) electrons. The number of rotatable bonds is 4. The van der Waals surface area contributed by atoms with E-state index in [1.54, 1.807) is 0 Å². The molecule has 0 bridgehead atoms. The third-order valence-corrected chi connectivity index (χ3v) is 3.61. The number of nitrogens with zero attached hydrogens (tertiary/aromatic N) is 2. The first-order valence-corrected chi connectivity index (χ1v) is 7.44. The van der Waals surface area contributed by atoms with Crippen molar-refractivity contribution in [3.63, 3.8) is 0 Å². The van der Waals surface area contributed by atoms with E-state index in [2.05, 4.69) is 4.99 Å². The van der Waals surface area contributed by atoms with E-state index in [9.17, 15) is 23.6 Å². The van der Waals surface area contributed by atoms with Gasteiger partial charge >= 0.3 is 0 Å². The summed E-state index contributed by atoms with van der Waals surface area (Å²) in [7, 11) is -3.86. The highest BCUT2D eigenvalue weighted by Gasteiger charge is 2.08. The minimum Gasteiger partial charge on any atom is -0.872 e. The fourth-order valence-corrected chi connectivity index (χ4v) is 2.19. The number of aliphatic imine (C=N–C) groups is 1. The molecule has 0 aromatic heterocycles. The van der Waals surface area contributed by atoms with Crippen molar-refractivity contribution in [2.45, 2.75) is 4.90 Å². The molecule has 2 rings (SSSR count). The number of nitro benzene ring substituents is 1. The number of primary sulfonamides is 1. The molecule has 0 aliphatic rings. The van der Waals surface area contributed by atoms with Gasteiger partial charge in [0.15, 0.2) is 0 Å². The molecule has 0 unspecified atom stereocenters. The van der Waals surface area contributed by atoms with Crippen molar-refractivity contribution in [1.82, 2.24) is 0 Å². The molecule has 0 fully saturated rings. The highest BCUT2D eigenvalue weighted by atomic mass is 32.2. The van der Waals surface area contributed by atoms with Gasteiger partial charge in [-0.3, -0.25) is 15.1 Å². The molecule has 0 spiro atoms. The zero-order chi connectivity index (χ0) is 16.3. The van der Waals surface area contributed by atoms with Gasteiger partial charge in [0.2, 0.25) is 10.0 Å². The Labute approximate surface area is 125 Å². The van der Waals surface area contributed by atoms with Gasteiger partial charge in [0.1, 0.15) is 0 Å². The van der Waals surface area contributed by atoms with Gasteiger partial charge in [0, 0.05) is 18.3 Å². The fourth-order valence-electron chi connectivity index (χ4n) is 1.64. The Morgan fingerprint density at radius 2 is 1.91 bits per heavy atom. The van der Waals surface area contributed by atoms with E-state index < -0.39 is 20.7 Å². The van der Waals surface area contributed by atoms with Gasteiger partial charge in [0.05, 0.1) is 15.5 Å². The summed E-state index contributed by atoms with van der Waals surface area (Å²) >= 11 is 0. The quantitative estimate of drug-likeness (QED) is 0.510. The molecule has 22 heavy (non-hydrogen) atoms. The lowest BCUT2D eigenvalue weighted by molar-refractivity contribution is -0.385. The fraction of sp³-hybridized carbons (Fsp3) is 0. The molecule has 8 nitrogen and oxygen atoms in total. The summed E-state index contributed by atoms with van der Waals surface area (Å²) in [5, 5.41) is 27.3. The van der Waals surface area contributed by atoms with Crippen LogP contribution in [-0.2, 0) is 10.0 Å². The maximum absolute atomic E-state index is 11.6. The molecule has 0 aliphatic heterocycles. The van der Waals surface area contributed by atoms with Crippen LogP contribution in [0.1, 0.15) is 5.56 Å². The Kier molecular flexibility index (Phi) is 4.20. The molecule has 0 saturated carbocycles. The van der Waals surface area contributed by atoms with Crippen molar-refractivity contribution in [2.24, 2.45) is 10.1 Å². The van der Waals surface area contributed by atoms with E-state index in [-0.39, 0.29) is 21.8 Å². The molecule has 0 heterocycles. The lowest BCUT2D eigenvalue weighted by Crippen LogP contribution is -2.11. The maximum atomic E-state index is 11.6. The lowest BCUT2D eigenvalue weighted by atomic mass is 10.2. The molecule has 0 amide bonds. The number of hydrogen-bond donors (Lipinski definition) is 1. The van der Waals surface area contributed by atoms with Gasteiger partial charge in [-0.05, 0) is 23.8 Å². The van der Waals surface area contributed by atoms with E-state index in [0.29, 0.717) is 0 Å². The van der Waals surface area contributed by atoms with E-state index >= 15 is 0 Å². The Hall–Kier alpha value is -2.78. The second kappa shape index (κ2) is 5.92. The molecule has 2 N–H and O–H groups in total. The first kappa shape index (κ1) is 15.6. The first-order valence-electron chi connectivity index (χ1n) is 5.90. The van der Waals surface area contributed by atoms with Crippen molar-refractivity contribution >= 4 is 27.6 Å². The molecule has 9 heteroatoms. The van der Waals surface area contributed by atoms with E-state index in [0.717, 1.165) is 24.4 Å². The Morgan fingerprint density at radius 1 is 1.18 bits per heavy atom. The average Bonchev–Trinajstić information content (AvgIpc) is 2.45. The predicted octanol–water partition coefficient (Wildman–Crippen LogP) is 1.07. The van der Waals surface area contributed by atoms with Gasteiger partial charge < -0.3 is 5.11 Å². The minimum absolute atomic E-state index is 0.0233. The van der Waals surface area contributed by atoms with Crippen LogP contribution in [0.3, 0.4) is 0 Å². The summed E-state index contributed by atoms with van der Waals surface area (Å²) in [6, 6.07) is 8.75. The van der Waals surface area contributed by atoms with E-state index in [1.807, 2.05) is 0 Å². The van der Waals surface area contributed by atoms with Gasteiger partial charge in [-0.1, -0.05) is 17.9 Å². The predicted molar refractivity (Wildman–Crippen MR) is 77.6 cm³/mol. The molecule has 0 aliphatic carbocycles. The largest absolute Gasteiger partial charge is 0.872 e. The van der Waals surface area contributed by atoms with Crippen LogP contribution in [0, 0.1) is 10.1 Å². The van der Waals surface area contributed by atoms with Crippen LogP contribution in [0.2, 0.25) is 0 Å². The van der Waals surface area contributed by atoms with Gasteiger partial charge in [-0.15, -0.1) is 0 Å². The minimum atomic E-state index is -3.86. The third-order valence-electron chi connectivity index (χ3n) is 2.70. The van der Waals surface area contributed by atoms with Gasteiger partial charge in [-0.25, -0.2) is 13.6 Å². The Bertz CT molecular complexity index is 862. The molecule has 2 aromatic rings. The molecule has 2 aromatic carbocycles. The normalized spacial score (nSPS) is 11.7. The summed E-state index contributed by atoms with van der Waals surface area (Å²) in [6.07, 6.45) is 1.14. The second-order valence-electron chi connectivity index (χ2n) is 4.28. The van der Waals surface area contributed by atoms with E-state index in [4.69, 9.17) is 5.14 Å². The summed E-state index contributed by atoms with van der Waals surface area (Å²) in [4.78, 5) is 13.9. The molecule has 0 saturated heterocycles. The van der Waals surface area contributed by atoms with Gasteiger partial charge in [0.25, 0.3) is 5.69 Å². The van der Waals surface area contributed by atoms with Crippen LogP contribution in [0.5, 0.6) is 5.75 Å². The number of nitrogens with two attached hydrogens (primary N) is 1. The summed E-state index contributed by atoms with van der Waals surface area (Å²) in [5.74, 6) is -0.433. The van der Waals surface area contributed by atoms with E-state index in [1.165, 1.54) is 24.3 Å². The molecule has 114 valence electrons. The number of benzene rings is 2. The van der Waals surface area contributed by atoms with Crippen molar-refractivity contribution in [2.75, 3.05) is 0 Å². The lowest BCUT2D eigenvalue weighted by Gasteiger charge is -2.08. The zero-order valence-electron chi connectivity index (χ0n) is 11.0. The Morgan fingerprint density at radius 3 is 2.55 bits per heavy atom. The SMILES string of the molecule is NS(=O)(=O)c1cccc(N=Cc2cc([N+](=O)[O-])ccc2[O-])c1. The summed E-state index contributed by atoms with van der Waals surface area (Å²) in [5.41, 5.74) is 0.0342. The van der Waals surface area contributed by atoms with Gasteiger partial charge in [-0.2, -0.15) is 0 Å². The standard InChI is InChI=1S/C13H11N3O5S/c14-22(20,21)12-3-1-2-10(7-12)15-8-9-6-11(16(18)19)4-5-13(9)17/h1-8,17H,(H2,14,20,21)/p-1. The highest BCUT2D eigenvalue weighted by molar-refractivity contribution is 7.89. The highest BCUT2D eigenvalue weighted by Crippen LogP contribution is 2.21. The van der Waals surface area contributed by atoms with Crippen molar-refractivity contribution < 1.29 is 18.4 Å². The second-order valence-corrected chi connectivity index (χ2v) is 5.84. The van der Waals surface area contributed by atoms with Crippen LogP contribution in [0.25, 0.3) is 0 Å². The number of sulfonamides is 1. The van der Waals surface area contributed by atoms with Crippen LogP contribution < -0.4 is 10.2 Å². The first-order chi connectivity index (χ1) is 10.3. The maximum Gasteiger partial charge on any atom is 0.270 e. The number of hydrogen-bond acceptors (Lipinski definition) is 6. The molecular formula is C13H10N3O5S-. The topological polar surface area (TPSA) is 139 Å². The van der Waals surface area contributed by atoms with Crippen LogP contribution in [0.4, 0.5) is 11.4 Å². The molecule has 0 atom stereocenters. The third kappa shape index (κ3) is 3.65. The monoisotopic (exact) mass is 320 g/mol. The Balaban J connectivity index is 2.37. The molecular weight excluding hydrogens is 310 g/mol. The summed E-state index contributed by atoms with van der Waals surface area (Å²) in [6.45, 7) is 0. The average molecular weight is 320 g/mol.